The van der Waals surface area contributed by atoms with Crippen LogP contribution in [0.4, 0.5) is 10.7 Å². The number of nitrogens with zero attached hydrogens (tertiary/aromatic N) is 3. The second-order valence-electron chi connectivity index (χ2n) is 9.60. The Morgan fingerprint density at radius 3 is 2.94 bits per heavy atom. The zero-order valence-electron chi connectivity index (χ0n) is 20.0. The highest BCUT2D eigenvalue weighted by Gasteiger charge is 2.32. The zero-order valence-corrected chi connectivity index (χ0v) is 22.4. The van der Waals surface area contributed by atoms with E-state index in [2.05, 4.69) is 42.1 Å². The van der Waals surface area contributed by atoms with Crippen LogP contribution in [0.1, 0.15) is 48.8 Å². The number of aromatic nitrogens is 1. The average molecular weight is 523 g/mol. The van der Waals surface area contributed by atoms with Crippen LogP contribution in [0, 0.1) is 22.7 Å². The van der Waals surface area contributed by atoms with Gasteiger partial charge in [0.15, 0.2) is 0 Å². The lowest BCUT2D eigenvalue weighted by atomic mass is 9.72. The van der Waals surface area contributed by atoms with Crippen molar-refractivity contribution in [2.75, 3.05) is 11.1 Å². The van der Waals surface area contributed by atoms with Crippen molar-refractivity contribution < 1.29 is 4.79 Å². The Morgan fingerprint density at radius 1 is 1.37 bits per heavy atom. The molecule has 0 saturated carbocycles. The summed E-state index contributed by atoms with van der Waals surface area (Å²) in [6, 6.07) is 13.7. The first-order valence-electron chi connectivity index (χ1n) is 11.5. The maximum Gasteiger partial charge on any atom is 0.235 e. The number of hydrogen-bond acceptors (Lipinski definition) is 6. The number of rotatable bonds is 6. The van der Waals surface area contributed by atoms with E-state index in [0.717, 1.165) is 41.0 Å². The average Bonchev–Trinajstić information content (AvgIpc) is 3.18. The topological polar surface area (TPSA) is 78.1 Å². The van der Waals surface area contributed by atoms with E-state index >= 15 is 0 Å². The van der Waals surface area contributed by atoms with Crippen molar-refractivity contribution in [1.29, 1.82) is 5.26 Å². The van der Waals surface area contributed by atoms with Crippen LogP contribution in [-0.2, 0) is 17.6 Å². The number of thioether (sulfide) groups is 1. The standard InChI is InChI=1S/C27H27ClN4OS2/c1-27(2,3)18-9-10-21-22(14-29)26(35-23(21)12-18)32-24(33)16-34-20-8-4-7-19(13-20)31-15-17-6-5-11-30-25(17)28/h4-8,11,13,15,18H,9-10,12,16H2,1-3H3,(H,32,33). The maximum atomic E-state index is 12.7. The van der Waals surface area contributed by atoms with Gasteiger partial charge in [0.05, 0.1) is 17.0 Å². The van der Waals surface area contributed by atoms with E-state index in [1.54, 1.807) is 23.7 Å². The first-order chi connectivity index (χ1) is 16.7. The van der Waals surface area contributed by atoms with Crippen LogP contribution in [0.2, 0.25) is 5.15 Å². The van der Waals surface area contributed by atoms with Crippen LogP contribution < -0.4 is 5.32 Å². The fourth-order valence-corrected chi connectivity index (χ4v) is 6.35. The molecule has 2 aromatic heterocycles. The van der Waals surface area contributed by atoms with Gasteiger partial charge < -0.3 is 5.32 Å². The first-order valence-corrected chi connectivity index (χ1v) is 13.6. The Labute approximate surface area is 219 Å². The van der Waals surface area contributed by atoms with E-state index in [9.17, 15) is 10.1 Å². The van der Waals surface area contributed by atoms with Crippen LogP contribution >= 0.6 is 34.7 Å². The molecule has 4 rings (SSSR count). The van der Waals surface area contributed by atoms with Crippen molar-refractivity contribution in [1.82, 2.24) is 4.98 Å². The van der Waals surface area contributed by atoms with Gasteiger partial charge in [0, 0.05) is 27.7 Å². The summed E-state index contributed by atoms with van der Waals surface area (Å²) >= 11 is 9.09. The summed E-state index contributed by atoms with van der Waals surface area (Å²) < 4.78 is 0. The molecule has 0 saturated heterocycles. The summed E-state index contributed by atoms with van der Waals surface area (Å²) in [5, 5.41) is 13.8. The molecule has 1 amide bonds. The third-order valence-electron chi connectivity index (χ3n) is 6.18. The van der Waals surface area contributed by atoms with Crippen molar-refractivity contribution in [3.05, 3.63) is 69.3 Å². The summed E-state index contributed by atoms with van der Waals surface area (Å²) in [4.78, 5) is 23.4. The molecule has 1 aromatic carbocycles. The molecule has 5 nitrogen and oxygen atoms in total. The Balaban J connectivity index is 1.39. The third-order valence-corrected chi connectivity index (χ3v) is 8.66. The van der Waals surface area contributed by atoms with Gasteiger partial charge >= 0.3 is 0 Å². The number of fused-ring (bicyclic) bond motifs is 1. The molecule has 0 spiro atoms. The Bertz CT molecular complexity index is 1300. The molecule has 1 aliphatic rings. The number of benzene rings is 1. The van der Waals surface area contributed by atoms with Crippen molar-refractivity contribution in [3.8, 4) is 6.07 Å². The van der Waals surface area contributed by atoms with Crippen molar-refractivity contribution in [2.45, 2.75) is 44.9 Å². The largest absolute Gasteiger partial charge is 0.316 e. The van der Waals surface area contributed by atoms with Crippen LogP contribution in [0.25, 0.3) is 0 Å². The molecule has 2 heterocycles. The molecule has 35 heavy (non-hydrogen) atoms. The molecular formula is C27H27ClN4OS2. The minimum Gasteiger partial charge on any atom is -0.316 e. The number of amides is 1. The van der Waals surface area contributed by atoms with Crippen molar-refractivity contribution in [3.63, 3.8) is 0 Å². The Morgan fingerprint density at radius 2 is 2.20 bits per heavy atom. The number of nitrogens with one attached hydrogen (secondary N) is 1. The van der Waals surface area contributed by atoms with E-state index in [1.807, 2.05) is 36.4 Å². The molecule has 180 valence electrons. The Hall–Kier alpha value is -2.66. The molecule has 0 fully saturated rings. The number of thiophene rings is 1. The smallest absolute Gasteiger partial charge is 0.235 e. The fourth-order valence-electron chi connectivity index (χ4n) is 4.14. The molecule has 1 unspecified atom stereocenters. The minimum atomic E-state index is -0.117. The third kappa shape index (κ3) is 6.32. The molecule has 1 aliphatic carbocycles. The van der Waals surface area contributed by atoms with E-state index < -0.39 is 0 Å². The second-order valence-corrected chi connectivity index (χ2v) is 12.1. The van der Waals surface area contributed by atoms with Crippen LogP contribution in [0.15, 0.2) is 52.5 Å². The number of halogens is 1. The van der Waals surface area contributed by atoms with Gasteiger partial charge in [-0.2, -0.15) is 5.26 Å². The predicted octanol–water partition coefficient (Wildman–Crippen LogP) is 7.30. The summed E-state index contributed by atoms with van der Waals surface area (Å²) in [6.45, 7) is 6.82. The summed E-state index contributed by atoms with van der Waals surface area (Å²) in [7, 11) is 0. The molecule has 3 aromatic rings. The zero-order chi connectivity index (χ0) is 25.0. The highest BCUT2D eigenvalue weighted by Crippen LogP contribution is 2.44. The minimum absolute atomic E-state index is 0.117. The van der Waals surface area contributed by atoms with E-state index in [0.29, 0.717) is 21.6 Å². The highest BCUT2D eigenvalue weighted by molar-refractivity contribution is 8.00. The number of carbonyl (C=O) groups excluding carboxylic acids is 1. The maximum absolute atomic E-state index is 12.7. The lowest BCUT2D eigenvalue weighted by molar-refractivity contribution is -0.113. The fraction of sp³-hybridized carbons (Fsp3) is 0.333. The SMILES string of the molecule is CC(C)(C)C1CCc2c(sc(NC(=O)CSc3cccc(N=Cc4cccnc4Cl)c3)c2C#N)C1. The van der Waals surface area contributed by atoms with Gasteiger partial charge in [-0.15, -0.1) is 23.1 Å². The summed E-state index contributed by atoms with van der Waals surface area (Å²) in [6.07, 6.45) is 6.27. The summed E-state index contributed by atoms with van der Waals surface area (Å²) in [5.41, 5.74) is 3.51. The van der Waals surface area contributed by atoms with Gasteiger partial charge in [0.2, 0.25) is 5.91 Å². The number of aliphatic imine (C=N–C) groups is 1. The number of nitriles is 1. The normalized spacial score (nSPS) is 15.6. The van der Waals surface area contributed by atoms with Gasteiger partial charge in [0.25, 0.3) is 0 Å². The van der Waals surface area contributed by atoms with Gasteiger partial charge in [-0.3, -0.25) is 9.79 Å². The molecule has 0 aliphatic heterocycles. The number of anilines is 1. The lowest BCUT2D eigenvalue weighted by Gasteiger charge is -2.33. The number of hydrogen-bond donors (Lipinski definition) is 1. The van der Waals surface area contributed by atoms with E-state index in [4.69, 9.17) is 11.6 Å². The molecule has 1 N–H and O–H groups in total. The molecule has 8 heteroatoms. The predicted molar refractivity (Wildman–Crippen MR) is 146 cm³/mol. The Kier molecular flexibility index (Phi) is 7.95. The highest BCUT2D eigenvalue weighted by atomic mass is 35.5. The van der Waals surface area contributed by atoms with E-state index in [-0.39, 0.29) is 17.1 Å². The summed E-state index contributed by atoms with van der Waals surface area (Å²) in [5.74, 6) is 0.719. The molecular weight excluding hydrogens is 496 g/mol. The van der Waals surface area contributed by atoms with Gasteiger partial charge in [-0.1, -0.05) is 38.4 Å². The number of pyridine rings is 1. The second kappa shape index (κ2) is 10.9. The monoisotopic (exact) mass is 522 g/mol. The lowest BCUT2D eigenvalue weighted by Crippen LogP contribution is -2.26. The van der Waals surface area contributed by atoms with E-state index in [1.165, 1.54) is 16.6 Å². The first kappa shape index (κ1) is 25.4. The van der Waals surface area contributed by atoms with Gasteiger partial charge in [0.1, 0.15) is 16.2 Å². The molecule has 1 atom stereocenters. The van der Waals surface area contributed by atoms with Crippen molar-refractivity contribution >= 4 is 57.5 Å². The van der Waals surface area contributed by atoms with Crippen LogP contribution in [-0.4, -0.2) is 22.9 Å². The van der Waals surface area contributed by atoms with Gasteiger partial charge in [-0.25, -0.2) is 4.98 Å². The number of carbonyl (C=O) groups is 1. The van der Waals surface area contributed by atoms with Crippen LogP contribution in [0.3, 0.4) is 0 Å². The van der Waals surface area contributed by atoms with Crippen molar-refractivity contribution in [2.24, 2.45) is 16.3 Å². The molecule has 0 bridgehead atoms. The molecule has 0 radical (unpaired) electrons. The quantitative estimate of drug-likeness (QED) is 0.209. The van der Waals surface area contributed by atoms with Crippen LogP contribution in [0.5, 0.6) is 0 Å². The van der Waals surface area contributed by atoms with Gasteiger partial charge in [-0.05, 0) is 66.5 Å².